The summed E-state index contributed by atoms with van der Waals surface area (Å²) >= 11 is 0. The molecule has 0 spiro atoms. The predicted molar refractivity (Wildman–Crippen MR) is 114 cm³/mol. The van der Waals surface area contributed by atoms with Crippen LogP contribution >= 0.6 is 0 Å². The number of nitrogens with zero attached hydrogens (tertiary/aromatic N) is 2. The van der Waals surface area contributed by atoms with Gasteiger partial charge in [0.2, 0.25) is 0 Å². The molecule has 2 aromatic carbocycles. The zero-order chi connectivity index (χ0) is 19.6. The third-order valence-corrected chi connectivity index (χ3v) is 4.87. The molecule has 0 saturated carbocycles. The maximum Gasteiger partial charge on any atom is 0.119 e. The van der Waals surface area contributed by atoms with Crippen LogP contribution in [0.25, 0.3) is 0 Å². The fourth-order valence-electron chi connectivity index (χ4n) is 3.43. The van der Waals surface area contributed by atoms with Crippen molar-refractivity contribution in [3.05, 3.63) is 89.7 Å². The first-order valence-electron chi connectivity index (χ1n) is 9.80. The Kier molecular flexibility index (Phi) is 7.71. The number of hydrogen-bond donors (Lipinski definition) is 0. The first kappa shape index (κ1) is 20.2. The molecule has 0 bridgehead atoms. The maximum absolute atomic E-state index is 5.36. The van der Waals surface area contributed by atoms with Crippen molar-refractivity contribution in [2.75, 3.05) is 27.4 Å². The van der Waals surface area contributed by atoms with Gasteiger partial charge in [0.1, 0.15) is 5.75 Å². The molecule has 4 nitrogen and oxygen atoms in total. The molecular formula is C24H30N2O2. The van der Waals surface area contributed by atoms with Crippen LogP contribution in [0.15, 0.2) is 72.9 Å². The quantitative estimate of drug-likeness (QED) is 0.457. The van der Waals surface area contributed by atoms with Gasteiger partial charge in [-0.3, -0.25) is 4.90 Å². The molecule has 3 aromatic rings. The van der Waals surface area contributed by atoms with Gasteiger partial charge in [0.05, 0.1) is 7.11 Å². The van der Waals surface area contributed by atoms with Crippen LogP contribution in [0.1, 0.15) is 23.2 Å². The van der Waals surface area contributed by atoms with Crippen molar-refractivity contribution >= 4 is 0 Å². The van der Waals surface area contributed by atoms with E-state index in [2.05, 4.69) is 70.3 Å². The van der Waals surface area contributed by atoms with E-state index in [9.17, 15) is 0 Å². The van der Waals surface area contributed by atoms with E-state index in [1.165, 1.54) is 16.8 Å². The number of aromatic nitrogens is 1. The Morgan fingerprint density at radius 2 is 1.68 bits per heavy atom. The molecule has 1 aromatic heterocycles. The van der Waals surface area contributed by atoms with Crippen molar-refractivity contribution in [3.63, 3.8) is 0 Å². The molecule has 0 atom stereocenters. The summed E-state index contributed by atoms with van der Waals surface area (Å²) in [5.41, 5.74) is 3.90. The van der Waals surface area contributed by atoms with Gasteiger partial charge in [-0.15, -0.1) is 0 Å². The van der Waals surface area contributed by atoms with Gasteiger partial charge in [0.15, 0.2) is 0 Å². The highest BCUT2D eigenvalue weighted by Crippen LogP contribution is 2.17. The Balaban J connectivity index is 1.70. The molecule has 0 aliphatic heterocycles. The monoisotopic (exact) mass is 378 g/mol. The van der Waals surface area contributed by atoms with Crippen molar-refractivity contribution in [1.29, 1.82) is 0 Å². The summed E-state index contributed by atoms with van der Waals surface area (Å²) in [7, 11) is 3.47. The van der Waals surface area contributed by atoms with Gasteiger partial charge in [-0.2, -0.15) is 0 Å². The van der Waals surface area contributed by atoms with E-state index in [0.29, 0.717) is 0 Å². The second-order valence-corrected chi connectivity index (χ2v) is 7.02. The largest absolute Gasteiger partial charge is 0.497 e. The summed E-state index contributed by atoms with van der Waals surface area (Å²) in [6.07, 6.45) is 3.19. The highest BCUT2D eigenvalue weighted by molar-refractivity contribution is 5.29. The predicted octanol–water partition coefficient (Wildman–Crippen LogP) is 4.58. The van der Waals surface area contributed by atoms with Gasteiger partial charge >= 0.3 is 0 Å². The summed E-state index contributed by atoms with van der Waals surface area (Å²) in [6, 6.07) is 23.3. The summed E-state index contributed by atoms with van der Waals surface area (Å²) in [6.45, 7) is 4.49. The Morgan fingerprint density at radius 3 is 2.46 bits per heavy atom. The molecule has 0 aliphatic carbocycles. The number of hydrogen-bond acceptors (Lipinski definition) is 3. The number of methoxy groups -OCH3 is 2. The SMILES string of the molecule is COCCCN(Cc1ccccc1)Cc1cccn1Cc1cccc(OC)c1. The van der Waals surface area contributed by atoms with Crippen LogP contribution in [0.5, 0.6) is 5.75 Å². The minimum atomic E-state index is 0.788. The second-order valence-electron chi connectivity index (χ2n) is 7.02. The van der Waals surface area contributed by atoms with Gasteiger partial charge in [-0.1, -0.05) is 42.5 Å². The third kappa shape index (κ3) is 5.98. The van der Waals surface area contributed by atoms with E-state index < -0.39 is 0 Å². The molecule has 28 heavy (non-hydrogen) atoms. The van der Waals surface area contributed by atoms with Crippen LogP contribution in [-0.2, 0) is 24.4 Å². The highest BCUT2D eigenvalue weighted by atomic mass is 16.5. The smallest absolute Gasteiger partial charge is 0.119 e. The van der Waals surface area contributed by atoms with Crippen molar-refractivity contribution in [3.8, 4) is 5.75 Å². The number of ether oxygens (including phenoxy) is 2. The van der Waals surface area contributed by atoms with E-state index in [4.69, 9.17) is 9.47 Å². The summed E-state index contributed by atoms with van der Waals surface area (Å²) in [5, 5.41) is 0. The molecule has 0 N–H and O–H groups in total. The van der Waals surface area contributed by atoms with Crippen molar-refractivity contribution in [1.82, 2.24) is 9.47 Å². The average Bonchev–Trinajstić information content (AvgIpc) is 3.15. The van der Waals surface area contributed by atoms with Crippen molar-refractivity contribution in [2.24, 2.45) is 0 Å². The molecule has 4 heteroatoms. The lowest BCUT2D eigenvalue weighted by Crippen LogP contribution is -2.26. The van der Waals surface area contributed by atoms with Gasteiger partial charge in [0, 0.05) is 51.8 Å². The Bertz CT molecular complexity index is 829. The lowest BCUT2D eigenvalue weighted by molar-refractivity contribution is 0.165. The Labute approximate surface area is 168 Å². The topological polar surface area (TPSA) is 26.6 Å². The van der Waals surface area contributed by atoms with Crippen LogP contribution in [0.3, 0.4) is 0 Å². The fraction of sp³-hybridized carbons (Fsp3) is 0.333. The van der Waals surface area contributed by atoms with Gasteiger partial charge < -0.3 is 14.0 Å². The first-order valence-corrected chi connectivity index (χ1v) is 9.80. The van der Waals surface area contributed by atoms with Gasteiger partial charge in [-0.05, 0) is 41.8 Å². The molecule has 0 unspecified atom stereocenters. The lowest BCUT2D eigenvalue weighted by atomic mass is 10.2. The Hall–Kier alpha value is -2.56. The lowest BCUT2D eigenvalue weighted by Gasteiger charge is -2.23. The normalized spacial score (nSPS) is 11.1. The van der Waals surface area contributed by atoms with Crippen LogP contribution < -0.4 is 4.74 Å². The van der Waals surface area contributed by atoms with E-state index >= 15 is 0 Å². The molecule has 0 fully saturated rings. The van der Waals surface area contributed by atoms with Crippen LogP contribution in [0.2, 0.25) is 0 Å². The molecule has 3 rings (SSSR count). The summed E-state index contributed by atoms with van der Waals surface area (Å²) < 4.78 is 12.9. The van der Waals surface area contributed by atoms with Crippen molar-refractivity contribution < 1.29 is 9.47 Å². The highest BCUT2D eigenvalue weighted by Gasteiger charge is 2.10. The molecule has 0 saturated heterocycles. The molecule has 0 amide bonds. The molecule has 1 heterocycles. The van der Waals surface area contributed by atoms with Crippen LogP contribution in [0, 0.1) is 0 Å². The van der Waals surface area contributed by atoms with Gasteiger partial charge in [-0.25, -0.2) is 0 Å². The van der Waals surface area contributed by atoms with Crippen LogP contribution in [-0.4, -0.2) is 36.8 Å². The minimum Gasteiger partial charge on any atom is -0.497 e. The summed E-state index contributed by atoms with van der Waals surface area (Å²) in [4.78, 5) is 2.49. The minimum absolute atomic E-state index is 0.788. The van der Waals surface area contributed by atoms with Crippen LogP contribution in [0.4, 0.5) is 0 Å². The Morgan fingerprint density at radius 1 is 0.857 bits per heavy atom. The fourth-order valence-corrected chi connectivity index (χ4v) is 3.43. The van der Waals surface area contributed by atoms with E-state index in [-0.39, 0.29) is 0 Å². The second kappa shape index (κ2) is 10.7. The molecule has 0 aliphatic rings. The zero-order valence-corrected chi connectivity index (χ0v) is 16.9. The van der Waals surface area contributed by atoms with E-state index in [1.54, 1.807) is 14.2 Å². The maximum atomic E-state index is 5.36. The average molecular weight is 379 g/mol. The number of benzene rings is 2. The van der Waals surface area contributed by atoms with E-state index in [0.717, 1.165) is 45.0 Å². The van der Waals surface area contributed by atoms with Gasteiger partial charge in [0.25, 0.3) is 0 Å². The van der Waals surface area contributed by atoms with E-state index in [1.807, 2.05) is 12.1 Å². The molecule has 148 valence electrons. The standard InChI is InChI=1S/C24H30N2O2/c1-27-16-8-14-25(18-21-9-4-3-5-10-21)20-23-12-7-15-26(23)19-22-11-6-13-24(17-22)28-2/h3-7,9-13,15,17H,8,14,16,18-20H2,1-2H3. The van der Waals surface area contributed by atoms with Crippen molar-refractivity contribution in [2.45, 2.75) is 26.1 Å². The summed E-state index contributed by atoms with van der Waals surface area (Å²) in [5.74, 6) is 0.900. The molecular weight excluding hydrogens is 348 g/mol. The third-order valence-electron chi connectivity index (χ3n) is 4.87. The molecule has 0 radical (unpaired) electrons. The first-order chi connectivity index (χ1) is 13.8. The number of rotatable bonds is 11. The zero-order valence-electron chi connectivity index (χ0n) is 16.9.